The van der Waals surface area contributed by atoms with Gasteiger partial charge < -0.3 is 9.47 Å². The highest BCUT2D eigenvalue weighted by Crippen LogP contribution is 2.32. The average Bonchev–Trinajstić information content (AvgIpc) is 3.25. The maximum atomic E-state index is 12.9. The van der Waals surface area contributed by atoms with E-state index in [1.165, 1.54) is 10.1 Å². The predicted molar refractivity (Wildman–Crippen MR) is 146 cm³/mol. The number of pyridine rings is 1. The number of imidazole rings is 1. The third-order valence-electron chi connectivity index (χ3n) is 7.73. The van der Waals surface area contributed by atoms with Crippen molar-refractivity contribution in [1.29, 1.82) is 5.26 Å². The van der Waals surface area contributed by atoms with Gasteiger partial charge in [-0.05, 0) is 52.3 Å². The molecule has 4 heterocycles. The summed E-state index contributed by atoms with van der Waals surface area (Å²) in [6.45, 7) is 12.8. The van der Waals surface area contributed by atoms with Crippen LogP contribution in [0.15, 0.2) is 35.1 Å². The highest BCUT2D eigenvalue weighted by Gasteiger charge is 2.35. The van der Waals surface area contributed by atoms with Crippen molar-refractivity contribution in [1.82, 2.24) is 29.0 Å². The highest BCUT2D eigenvalue weighted by atomic mass is 16.1. The summed E-state index contributed by atoms with van der Waals surface area (Å²) < 4.78 is 3.49. The van der Waals surface area contributed by atoms with Crippen molar-refractivity contribution in [3.8, 4) is 6.07 Å². The first-order chi connectivity index (χ1) is 17.7. The predicted octanol–water partition coefficient (Wildman–Crippen LogP) is 3.73. The normalized spacial score (nSPS) is 19.4. The van der Waals surface area contributed by atoms with Crippen LogP contribution < -0.4 is 10.6 Å². The van der Waals surface area contributed by atoms with Crippen molar-refractivity contribution in [2.45, 2.75) is 65.7 Å². The lowest BCUT2D eigenvalue weighted by atomic mass is 9.99. The third kappa shape index (κ3) is 4.25. The van der Waals surface area contributed by atoms with Crippen LogP contribution in [-0.2, 0) is 20.0 Å². The molecule has 1 aromatic carbocycles. The summed E-state index contributed by atoms with van der Waals surface area (Å²) in [5.74, 6) is 1.28. The minimum absolute atomic E-state index is 0.119. The topological polar surface area (TPSA) is 95.9 Å². The quantitative estimate of drug-likeness (QED) is 0.414. The first-order valence-corrected chi connectivity index (χ1v) is 13.0. The van der Waals surface area contributed by atoms with Crippen molar-refractivity contribution < 1.29 is 0 Å². The average molecular weight is 499 g/mol. The molecule has 0 bridgehead atoms. The third-order valence-corrected chi connectivity index (χ3v) is 7.73. The van der Waals surface area contributed by atoms with Gasteiger partial charge in [0, 0.05) is 55.9 Å². The van der Waals surface area contributed by atoms with E-state index >= 15 is 0 Å². The lowest BCUT2D eigenvalue weighted by Gasteiger charge is -2.47. The molecule has 0 radical (unpaired) electrons. The van der Waals surface area contributed by atoms with E-state index in [-0.39, 0.29) is 30.2 Å². The number of hydrogen-bond acceptors (Lipinski definition) is 7. The van der Waals surface area contributed by atoms with Crippen molar-refractivity contribution in [3.05, 3.63) is 57.9 Å². The minimum atomic E-state index is -0.310. The van der Waals surface area contributed by atoms with E-state index < -0.39 is 0 Å². The van der Waals surface area contributed by atoms with Crippen LogP contribution >= 0.6 is 0 Å². The number of nitriles is 1. The molecule has 0 amide bonds. The highest BCUT2D eigenvalue weighted by molar-refractivity contribution is 5.85. The molecule has 3 aromatic heterocycles. The molecule has 0 saturated carbocycles. The monoisotopic (exact) mass is 498 g/mol. The summed E-state index contributed by atoms with van der Waals surface area (Å²) in [5.41, 5.74) is 4.38. The van der Waals surface area contributed by atoms with Gasteiger partial charge in [0.25, 0.3) is 0 Å². The Morgan fingerprint density at radius 3 is 2.59 bits per heavy atom. The van der Waals surface area contributed by atoms with Crippen LogP contribution in [0.3, 0.4) is 0 Å². The molecule has 1 aliphatic rings. The van der Waals surface area contributed by atoms with Crippen LogP contribution in [-0.4, -0.2) is 54.2 Å². The lowest BCUT2D eigenvalue weighted by molar-refractivity contribution is 0.119. The fourth-order valence-electron chi connectivity index (χ4n) is 5.70. The second kappa shape index (κ2) is 9.60. The van der Waals surface area contributed by atoms with Crippen molar-refractivity contribution in [2.75, 3.05) is 18.0 Å². The van der Waals surface area contributed by atoms with E-state index in [4.69, 9.17) is 9.97 Å². The summed E-state index contributed by atoms with van der Waals surface area (Å²) in [6.07, 6.45) is 0.188. The molecule has 192 valence electrons. The number of rotatable bonds is 5. The first-order valence-electron chi connectivity index (χ1n) is 13.0. The Morgan fingerprint density at radius 2 is 1.86 bits per heavy atom. The van der Waals surface area contributed by atoms with E-state index in [2.05, 4.69) is 65.9 Å². The molecule has 4 aromatic rings. The maximum Gasteiger partial charge on any atom is 0.350 e. The summed E-state index contributed by atoms with van der Waals surface area (Å²) in [4.78, 5) is 31.6. The zero-order chi connectivity index (χ0) is 26.4. The van der Waals surface area contributed by atoms with Crippen LogP contribution in [0.4, 0.5) is 5.82 Å². The first kappa shape index (κ1) is 24.9. The molecule has 37 heavy (non-hydrogen) atoms. The molecule has 9 heteroatoms. The second-order valence-electron chi connectivity index (χ2n) is 10.2. The van der Waals surface area contributed by atoms with E-state index in [9.17, 15) is 10.1 Å². The van der Waals surface area contributed by atoms with Crippen LogP contribution in [0.25, 0.3) is 22.1 Å². The fourth-order valence-corrected chi connectivity index (χ4v) is 5.70. The Bertz CT molecular complexity index is 1580. The smallest absolute Gasteiger partial charge is 0.349 e. The number of fused-ring (bicyclic) bond motifs is 2. The van der Waals surface area contributed by atoms with Crippen molar-refractivity contribution >= 4 is 27.9 Å². The Kier molecular flexibility index (Phi) is 6.46. The number of nitrogens with zero attached hydrogens (tertiary/aromatic N) is 8. The molecular weight excluding hydrogens is 464 g/mol. The Morgan fingerprint density at radius 1 is 1.11 bits per heavy atom. The minimum Gasteiger partial charge on any atom is -0.349 e. The zero-order valence-corrected chi connectivity index (χ0v) is 22.4. The molecular formula is C28H34N8O. The van der Waals surface area contributed by atoms with Gasteiger partial charge >= 0.3 is 5.69 Å². The Labute approximate surface area is 217 Å². The lowest BCUT2D eigenvalue weighted by Crippen LogP contribution is -2.57. The maximum absolute atomic E-state index is 12.9. The van der Waals surface area contributed by atoms with Crippen LogP contribution in [0, 0.1) is 18.3 Å². The van der Waals surface area contributed by atoms with Crippen molar-refractivity contribution in [2.24, 2.45) is 7.05 Å². The van der Waals surface area contributed by atoms with E-state index in [0.717, 1.165) is 35.3 Å². The largest absolute Gasteiger partial charge is 0.350 e. The van der Waals surface area contributed by atoms with Gasteiger partial charge in [0.15, 0.2) is 5.82 Å². The Balaban J connectivity index is 1.48. The molecule has 1 fully saturated rings. The summed E-state index contributed by atoms with van der Waals surface area (Å²) >= 11 is 0. The molecule has 0 spiro atoms. The van der Waals surface area contributed by atoms with E-state index in [0.29, 0.717) is 23.7 Å². The summed E-state index contributed by atoms with van der Waals surface area (Å²) in [7, 11) is 1.72. The zero-order valence-electron chi connectivity index (χ0n) is 22.4. The molecule has 0 aliphatic carbocycles. The molecule has 1 saturated heterocycles. The van der Waals surface area contributed by atoms with Crippen molar-refractivity contribution in [3.63, 3.8) is 0 Å². The van der Waals surface area contributed by atoms with E-state index in [1.54, 1.807) is 7.05 Å². The molecule has 1 unspecified atom stereocenters. The van der Waals surface area contributed by atoms with Gasteiger partial charge in [-0.3, -0.25) is 14.5 Å². The van der Waals surface area contributed by atoms with E-state index in [1.807, 2.05) is 24.5 Å². The fraction of sp³-hybridized carbons (Fsp3) is 0.464. The number of anilines is 1. The van der Waals surface area contributed by atoms with Gasteiger partial charge in [-0.15, -0.1) is 0 Å². The number of hydrogen-bond donors (Lipinski definition) is 0. The van der Waals surface area contributed by atoms with Gasteiger partial charge in [0.05, 0.1) is 18.0 Å². The second-order valence-corrected chi connectivity index (χ2v) is 10.2. The standard InChI is InChI=1S/C28H34N8O/c1-7-34-24(12-13-29)31-25-26(32-28(37)33(6)27(25)34)36-16-18(3)35(15-19(36)4)20(5)22-11-10-21-9-8-17(2)30-23(21)14-22/h8-11,14,18-20H,7,12,15-16H2,1-6H3/t18-,19+,20?/m1/s1. The van der Waals surface area contributed by atoms with Gasteiger partial charge in [0.1, 0.15) is 17.0 Å². The number of aryl methyl sites for hydroxylation is 3. The SMILES string of the molecule is CCn1c(CC#N)nc2c(N3C[C@@H](C)N(C(C)c4ccc5ccc(C)nc5c4)C[C@@H]3C)nc(=O)n(C)c21. The number of aromatic nitrogens is 5. The van der Waals surface area contributed by atoms with Crippen LogP contribution in [0.2, 0.25) is 0 Å². The van der Waals surface area contributed by atoms with Gasteiger partial charge in [-0.1, -0.05) is 18.2 Å². The molecule has 5 rings (SSSR count). The van der Waals surface area contributed by atoms with Crippen LogP contribution in [0.1, 0.15) is 50.8 Å². The summed E-state index contributed by atoms with van der Waals surface area (Å²) in [6, 6.07) is 13.5. The van der Waals surface area contributed by atoms with Gasteiger partial charge in [-0.2, -0.15) is 10.2 Å². The molecule has 0 N–H and O–H groups in total. The summed E-state index contributed by atoms with van der Waals surface area (Å²) in [5, 5.41) is 10.5. The van der Waals surface area contributed by atoms with Gasteiger partial charge in [0.2, 0.25) is 0 Å². The molecule has 3 atom stereocenters. The van der Waals surface area contributed by atoms with Crippen LogP contribution in [0.5, 0.6) is 0 Å². The number of piperazine rings is 1. The Hall–Kier alpha value is -3.77. The van der Waals surface area contributed by atoms with Gasteiger partial charge in [-0.25, -0.2) is 9.78 Å². The molecule has 1 aliphatic heterocycles. The number of benzene rings is 1. The molecule has 9 nitrogen and oxygen atoms in total.